The second-order valence-electron chi connectivity index (χ2n) is 10.2. The van der Waals surface area contributed by atoms with Gasteiger partial charge in [0.05, 0.1) is 0 Å². The molecular formula is C31H54N2. The van der Waals surface area contributed by atoms with Gasteiger partial charge in [-0.1, -0.05) is 147 Å². The van der Waals surface area contributed by atoms with Crippen LogP contribution in [0.25, 0.3) is 0 Å². The Bertz CT molecular complexity index is 582. The first-order chi connectivity index (χ1) is 16.4. The molecule has 2 rings (SSSR count). The van der Waals surface area contributed by atoms with E-state index >= 15 is 0 Å². The lowest BCUT2D eigenvalue weighted by Crippen LogP contribution is -2.32. The lowest BCUT2D eigenvalue weighted by Gasteiger charge is -2.33. The molecule has 1 unspecified atom stereocenters. The molecular weight excluding hydrogens is 400 g/mol. The molecule has 0 spiro atoms. The third kappa shape index (κ3) is 12.0. The second-order valence-corrected chi connectivity index (χ2v) is 10.2. The topological polar surface area (TPSA) is 6.48 Å². The van der Waals surface area contributed by atoms with Crippen LogP contribution in [0.1, 0.15) is 141 Å². The van der Waals surface area contributed by atoms with Crippen LogP contribution in [-0.4, -0.2) is 22.9 Å². The van der Waals surface area contributed by atoms with Crippen molar-refractivity contribution < 1.29 is 0 Å². The van der Waals surface area contributed by atoms with Crippen molar-refractivity contribution in [3.8, 4) is 0 Å². The van der Waals surface area contributed by atoms with E-state index in [2.05, 4.69) is 66.4 Å². The summed E-state index contributed by atoms with van der Waals surface area (Å²) < 4.78 is 0. The largest absolute Gasteiger partial charge is 0.352 e. The Morgan fingerprint density at radius 2 is 0.848 bits per heavy atom. The predicted octanol–water partition coefficient (Wildman–Crippen LogP) is 9.84. The maximum absolute atomic E-state index is 2.59. The quantitative estimate of drug-likeness (QED) is 0.170. The van der Waals surface area contributed by atoms with Crippen LogP contribution in [0.4, 0.5) is 0 Å². The van der Waals surface area contributed by atoms with Crippen LogP contribution in [-0.2, 0) is 0 Å². The molecule has 1 aliphatic rings. The third-order valence-electron chi connectivity index (χ3n) is 7.22. The van der Waals surface area contributed by atoms with Crippen LogP contribution in [0.15, 0.2) is 42.7 Å². The van der Waals surface area contributed by atoms with Crippen molar-refractivity contribution in [3.63, 3.8) is 0 Å². The minimum absolute atomic E-state index is 0.398. The monoisotopic (exact) mass is 454 g/mol. The summed E-state index contributed by atoms with van der Waals surface area (Å²) in [4.78, 5) is 5.17. The summed E-state index contributed by atoms with van der Waals surface area (Å²) in [6.45, 7) is 6.96. The number of nitrogens with zero attached hydrogens (tertiary/aromatic N) is 2. The minimum Gasteiger partial charge on any atom is -0.352 e. The SMILES string of the molecule is CCCCCCCCCCCCCN1C=CN(CCCCCCCCC)C1c1ccccc1. The molecule has 2 heteroatoms. The van der Waals surface area contributed by atoms with Crippen molar-refractivity contribution >= 4 is 0 Å². The van der Waals surface area contributed by atoms with Gasteiger partial charge in [-0.15, -0.1) is 0 Å². The van der Waals surface area contributed by atoms with Gasteiger partial charge in [0.25, 0.3) is 0 Å². The molecule has 1 atom stereocenters. The maximum Gasteiger partial charge on any atom is 0.127 e. The lowest BCUT2D eigenvalue weighted by atomic mass is 10.1. The zero-order valence-corrected chi connectivity index (χ0v) is 22.2. The highest BCUT2D eigenvalue weighted by molar-refractivity contribution is 5.21. The molecule has 33 heavy (non-hydrogen) atoms. The molecule has 1 aromatic rings. The van der Waals surface area contributed by atoms with Gasteiger partial charge in [-0.2, -0.15) is 0 Å². The number of benzene rings is 1. The van der Waals surface area contributed by atoms with Crippen molar-refractivity contribution in [1.29, 1.82) is 0 Å². The van der Waals surface area contributed by atoms with E-state index in [1.807, 2.05) is 0 Å². The highest BCUT2D eigenvalue weighted by Gasteiger charge is 2.26. The first-order valence-electron chi connectivity index (χ1n) is 14.6. The van der Waals surface area contributed by atoms with Crippen LogP contribution in [0.3, 0.4) is 0 Å². The standard InChI is InChI=1S/C31H54N2/c1-3-5-7-9-11-12-13-14-16-18-23-27-33-29-28-32(26-22-17-15-10-8-6-4-2)31(33)30-24-20-19-21-25-30/h19-21,24-25,28-29,31H,3-18,22-23,26-27H2,1-2H3. The van der Waals surface area contributed by atoms with Crippen LogP contribution in [0.5, 0.6) is 0 Å². The van der Waals surface area contributed by atoms with E-state index in [9.17, 15) is 0 Å². The Morgan fingerprint density at radius 1 is 0.485 bits per heavy atom. The zero-order valence-electron chi connectivity index (χ0n) is 22.2. The Balaban J connectivity index is 1.64. The molecule has 0 N–H and O–H groups in total. The van der Waals surface area contributed by atoms with Gasteiger partial charge >= 0.3 is 0 Å². The van der Waals surface area contributed by atoms with Crippen LogP contribution in [0, 0.1) is 0 Å². The van der Waals surface area contributed by atoms with Crippen molar-refractivity contribution in [2.75, 3.05) is 13.1 Å². The molecule has 2 nitrogen and oxygen atoms in total. The normalized spacial score (nSPS) is 15.6. The summed E-state index contributed by atoms with van der Waals surface area (Å²) in [5.41, 5.74) is 1.44. The molecule has 0 fully saturated rings. The Kier molecular flexibility index (Phi) is 15.9. The van der Waals surface area contributed by atoms with E-state index in [-0.39, 0.29) is 0 Å². The first-order valence-corrected chi connectivity index (χ1v) is 14.6. The van der Waals surface area contributed by atoms with Crippen molar-refractivity contribution in [2.45, 2.75) is 136 Å². The van der Waals surface area contributed by atoms with Gasteiger partial charge in [0, 0.05) is 25.5 Å². The average molecular weight is 455 g/mol. The summed E-state index contributed by atoms with van der Waals surface area (Å²) in [7, 11) is 0. The third-order valence-corrected chi connectivity index (χ3v) is 7.22. The zero-order chi connectivity index (χ0) is 23.4. The fraction of sp³-hybridized carbons (Fsp3) is 0.742. The summed E-state index contributed by atoms with van der Waals surface area (Å²) >= 11 is 0. The Labute approximate surface area is 206 Å². The van der Waals surface area contributed by atoms with Gasteiger partial charge in [0.15, 0.2) is 0 Å². The highest BCUT2D eigenvalue weighted by Crippen LogP contribution is 2.31. The van der Waals surface area contributed by atoms with Crippen molar-refractivity contribution in [3.05, 3.63) is 48.3 Å². The number of hydrogen-bond donors (Lipinski definition) is 0. The number of rotatable bonds is 21. The smallest absolute Gasteiger partial charge is 0.127 e. The van der Waals surface area contributed by atoms with E-state index in [1.54, 1.807) is 0 Å². The van der Waals surface area contributed by atoms with Gasteiger partial charge in [0.2, 0.25) is 0 Å². The van der Waals surface area contributed by atoms with Crippen molar-refractivity contribution in [1.82, 2.24) is 9.80 Å². The lowest BCUT2D eigenvalue weighted by molar-refractivity contribution is 0.149. The van der Waals surface area contributed by atoms with Crippen LogP contribution in [0.2, 0.25) is 0 Å². The Hall–Kier alpha value is -1.44. The molecule has 0 saturated heterocycles. The molecule has 188 valence electrons. The van der Waals surface area contributed by atoms with Crippen LogP contribution < -0.4 is 0 Å². The summed E-state index contributed by atoms with van der Waals surface area (Å²) in [6.07, 6.45) is 30.3. The van der Waals surface area contributed by atoms with E-state index in [0.29, 0.717) is 6.17 Å². The van der Waals surface area contributed by atoms with Gasteiger partial charge in [0.1, 0.15) is 6.17 Å². The van der Waals surface area contributed by atoms with E-state index < -0.39 is 0 Å². The summed E-state index contributed by atoms with van der Waals surface area (Å²) in [5.74, 6) is 0. The fourth-order valence-corrected chi connectivity index (χ4v) is 5.14. The number of unbranched alkanes of at least 4 members (excludes halogenated alkanes) is 16. The Morgan fingerprint density at radius 3 is 1.24 bits per heavy atom. The minimum atomic E-state index is 0.398. The van der Waals surface area contributed by atoms with Gasteiger partial charge < -0.3 is 9.80 Å². The molecule has 0 aromatic heterocycles. The second kappa shape index (κ2) is 18.9. The van der Waals surface area contributed by atoms with E-state index in [4.69, 9.17) is 0 Å². The summed E-state index contributed by atoms with van der Waals surface area (Å²) in [5, 5.41) is 0. The molecule has 1 aromatic carbocycles. The highest BCUT2D eigenvalue weighted by atomic mass is 15.4. The van der Waals surface area contributed by atoms with E-state index in [0.717, 1.165) is 0 Å². The molecule has 1 aliphatic heterocycles. The van der Waals surface area contributed by atoms with Gasteiger partial charge in [-0.3, -0.25) is 0 Å². The summed E-state index contributed by atoms with van der Waals surface area (Å²) in [6, 6.07) is 11.1. The molecule has 1 heterocycles. The predicted molar refractivity (Wildman–Crippen MR) is 146 cm³/mol. The molecule has 0 saturated carbocycles. The average Bonchev–Trinajstić information content (AvgIpc) is 3.25. The van der Waals surface area contributed by atoms with E-state index in [1.165, 1.54) is 134 Å². The van der Waals surface area contributed by atoms with Gasteiger partial charge in [-0.25, -0.2) is 0 Å². The fourth-order valence-electron chi connectivity index (χ4n) is 5.14. The van der Waals surface area contributed by atoms with Crippen LogP contribution >= 0.6 is 0 Å². The number of hydrogen-bond acceptors (Lipinski definition) is 2. The molecule has 0 radical (unpaired) electrons. The maximum atomic E-state index is 2.59. The van der Waals surface area contributed by atoms with Gasteiger partial charge in [-0.05, 0) is 18.4 Å². The molecule has 0 aliphatic carbocycles. The molecule has 0 bridgehead atoms. The molecule has 0 amide bonds. The first kappa shape index (κ1) is 27.8. The van der Waals surface area contributed by atoms with Crippen molar-refractivity contribution in [2.24, 2.45) is 0 Å².